The number of aryl methyl sites for hydroxylation is 1. The van der Waals surface area contributed by atoms with Crippen molar-refractivity contribution >= 4 is 0 Å². The molecule has 2 nitrogen and oxygen atoms in total. The van der Waals surface area contributed by atoms with Gasteiger partial charge in [-0.3, -0.25) is 0 Å². The van der Waals surface area contributed by atoms with Gasteiger partial charge in [-0.2, -0.15) is 0 Å². The van der Waals surface area contributed by atoms with Crippen LogP contribution >= 0.6 is 0 Å². The van der Waals surface area contributed by atoms with Gasteiger partial charge in [-0.05, 0) is 50.9 Å². The minimum atomic E-state index is -2.83. The third-order valence-electron chi connectivity index (χ3n) is 3.69. The first-order chi connectivity index (χ1) is 9.03. The molecule has 2 rings (SSSR count). The lowest BCUT2D eigenvalue weighted by atomic mass is 9.89. The molecule has 1 N–H and O–H groups in total. The minimum Gasteiger partial charge on any atom is -0.496 e. The average molecular weight is 269 g/mol. The highest BCUT2D eigenvalue weighted by atomic mass is 19.3. The third kappa shape index (κ3) is 3.44. The first kappa shape index (κ1) is 14.3. The van der Waals surface area contributed by atoms with Crippen LogP contribution < -0.4 is 10.1 Å². The van der Waals surface area contributed by atoms with Crippen LogP contribution in [0.4, 0.5) is 8.78 Å². The number of rotatable bonds is 4. The smallest absolute Gasteiger partial charge is 0.277 e. The van der Waals surface area contributed by atoms with Crippen LogP contribution in [-0.4, -0.2) is 20.2 Å². The molecule has 0 spiro atoms. The van der Waals surface area contributed by atoms with Gasteiger partial charge in [0.15, 0.2) is 0 Å². The van der Waals surface area contributed by atoms with Crippen LogP contribution in [0.1, 0.15) is 30.4 Å². The van der Waals surface area contributed by atoms with Crippen LogP contribution in [0, 0.1) is 12.8 Å². The Kier molecular flexibility index (Phi) is 4.40. The summed E-state index contributed by atoms with van der Waals surface area (Å²) in [5, 5.41) is 3.18. The zero-order valence-corrected chi connectivity index (χ0v) is 11.5. The molecular formula is C15H21F2NO. The van der Waals surface area contributed by atoms with Gasteiger partial charge in [-0.25, -0.2) is 8.78 Å². The zero-order valence-electron chi connectivity index (χ0n) is 11.5. The predicted molar refractivity (Wildman–Crippen MR) is 71.8 cm³/mol. The Morgan fingerprint density at radius 1 is 1.42 bits per heavy atom. The van der Waals surface area contributed by atoms with E-state index >= 15 is 0 Å². The molecule has 0 radical (unpaired) electrons. The lowest BCUT2D eigenvalue weighted by molar-refractivity contribution is -0.0336. The predicted octanol–water partition coefficient (Wildman–Crippen LogP) is 3.49. The second-order valence-electron chi connectivity index (χ2n) is 5.32. The number of methoxy groups -OCH3 is 1. The second-order valence-corrected chi connectivity index (χ2v) is 5.32. The second kappa shape index (κ2) is 5.87. The number of piperidine rings is 1. The summed E-state index contributed by atoms with van der Waals surface area (Å²) in [6.07, 6.45) is 1.74. The minimum absolute atomic E-state index is 0.0144. The van der Waals surface area contributed by atoms with Crippen LogP contribution in [0.2, 0.25) is 0 Å². The van der Waals surface area contributed by atoms with Gasteiger partial charge in [0.1, 0.15) is 5.75 Å². The van der Waals surface area contributed by atoms with Crippen LogP contribution in [-0.2, 0) is 5.92 Å². The molecule has 0 saturated carbocycles. The Hall–Kier alpha value is -1.16. The summed E-state index contributed by atoms with van der Waals surface area (Å²) in [6, 6.07) is 4.95. The van der Waals surface area contributed by atoms with Gasteiger partial charge in [0.25, 0.3) is 5.92 Å². The van der Waals surface area contributed by atoms with Crippen LogP contribution in [0.15, 0.2) is 18.2 Å². The molecule has 0 bridgehead atoms. The topological polar surface area (TPSA) is 21.3 Å². The van der Waals surface area contributed by atoms with Gasteiger partial charge >= 0.3 is 0 Å². The number of benzene rings is 1. The van der Waals surface area contributed by atoms with Crippen molar-refractivity contribution in [2.24, 2.45) is 5.92 Å². The number of halogens is 2. The largest absolute Gasteiger partial charge is 0.496 e. The van der Waals surface area contributed by atoms with E-state index in [1.165, 1.54) is 13.2 Å². The fourth-order valence-electron chi connectivity index (χ4n) is 2.68. The van der Waals surface area contributed by atoms with E-state index in [9.17, 15) is 8.78 Å². The van der Waals surface area contributed by atoms with Crippen molar-refractivity contribution < 1.29 is 13.5 Å². The molecule has 0 aromatic heterocycles. The van der Waals surface area contributed by atoms with Crippen LogP contribution in [0.25, 0.3) is 0 Å². The van der Waals surface area contributed by atoms with Crippen molar-refractivity contribution in [3.05, 3.63) is 29.3 Å². The van der Waals surface area contributed by atoms with E-state index in [0.717, 1.165) is 24.9 Å². The van der Waals surface area contributed by atoms with E-state index in [1.807, 2.05) is 6.92 Å². The molecule has 1 heterocycles. The highest BCUT2D eigenvalue weighted by molar-refractivity contribution is 5.39. The number of hydrogen-bond donors (Lipinski definition) is 1. The lowest BCUT2D eigenvalue weighted by Crippen LogP contribution is -2.33. The first-order valence-electron chi connectivity index (χ1n) is 6.76. The maximum atomic E-state index is 14.5. The van der Waals surface area contributed by atoms with E-state index in [1.54, 1.807) is 12.1 Å². The third-order valence-corrected chi connectivity index (χ3v) is 3.69. The van der Waals surface area contributed by atoms with Gasteiger partial charge in [0.05, 0.1) is 12.7 Å². The highest BCUT2D eigenvalue weighted by Gasteiger charge is 2.37. The zero-order chi connectivity index (χ0) is 13.9. The number of ether oxygens (including phenoxy) is 1. The maximum Gasteiger partial charge on any atom is 0.277 e. The molecule has 1 atom stereocenters. The van der Waals surface area contributed by atoms with Gasteiger partial charge in [-0.1, -0.05) is 11.6 Å². The van der Waals surface area contributed by atoms with E-state index in [0.29, 0.717) is 6.54 Å². The lowest BCUT2D eigenvalue weighted by Gasteiger charge is -2.28. The molecule has 1 fully saturated rings. The highest BCUT2D eigenvalue weighted by Crippen LogP contribution is 2.41. The summed E-state index contributed by atoms with van der Waals surface area (Å²) in [6.45, 7) is 3.45. The molecule has 4 heteroatoms. The molecule has 1 aromatic rings. The Balaban J connectivity index is 2.19. The van der Waals surface area contributed by atoms with Crippen molar-refractivity contribution in [2.45, 2.75) is 32.1 Å². The Labute approximate surface area is 113 Å². The van der Waals surface area contributed by atoms with Crippen molar-refractivity contribution in [3.8, 4) is 5.75 Å². The summed E-state index contributed by atoms with van der Waals surface area (Å²) in [4.78, 5) is 0. The van der Waals surface area contributed by atoms with Gasteiger partial charge in [0, 0.05) is 6.42 Å². The average Bonchev–Trinajstić information content (AvgIpc) is 2.39. The van der Waals surface area contributed by atoms with E-state index < -0.39 is 5.92 Å². The van der Waals surface area contributed by atoms with E-state index in [2.05, 4.69) is 5.32 Å². The summed E-state index contributed by atoms with van der Waals surface area (Å²) >= 11 is 0. The van der Waals surface area contributed by atoms with Crippen molar-refractivity contribution in [1.82, 2.24) is 5.32 Å². The summed E-state index contributed by atoms with van der Waals surface area (Å²) < 4.78 is 34.0. The molecule has 0 amide bonds. The molecule has 106 valence electrons. The fourth-order valence-corrected chi connectivity index (χ4v) is 2.68. The Morgan fingerprint density at radius 3 is 2.84 bits per heavy atom. The van der Waals surface area contributed by atoms with Crippen molar-refractivity contribution in [1.29, 1.82) is 0 Å². The monoisotopic (exact) mass is 269 g/mol. The molecule has 1 aliphatic rings. The molecule has 1 unspecified atom stereocenters. The first-order valence-corrected chi connectivity index (χ1v) is 6.76. The summed E-state index contributed by atoms with van der Waals surface area (Å²) in [5.74, 6) is -2.52. The van der Waals surface area contributed by atoms with Gasteiger partial charge in [0.2, 0.25) is 0 Å². The number of nitrogens with one attached hydrogen (secondary N) is 1. The van der Waals surface area contributed by atoms with Gasteiger partial charge < -0.3 is 10.1 Å². The van der Waals surface area contributed by atoms with Gasteiger partial charge in [-0.15, -0.1) is 0 Å². The molecule has 19 heavy (non-hydrogen) atoms. The fraction of sp³-hybridized carbons (Fsp3) is 0.600. The van der Waals surface area contributed by atoms with Crippen molar-refractivity contribution in [3.63, 3.8) is 0 Å². The summed E-state index contributed by atoms with van der Waals surface area (Å²) in [7, 11) is 1.44. The molecule has 1 aromatic carbocycles. The summed E-state index contributed by atoms with van der Waals surface area (Å²) in [5.41, 5.74) is 0.845. The normalized spacial score (nSPS) is 20.3. The Bertz CT molecular complexity index is 428. The number of alkyl halides is 2. The molecule has 1 aliphatic heterocycles. The van der Waals surface area contributed by atoms with Crippen LogP contribution in [0.5, 0.6) is 5.75 Å². The maximum absolute atomic E-state index is 14.5. The van der Waals surface area contributed by atoms with Crippen LogP contribution in [0.3, 0.4) is 0 Å². The Morgan fingerprint density at radius 2 is 2.21 bits per heavy atom. The van der Waals surface area contributed by atoms with E-state index in [4.69, 9.17) is 4.74 Å². The van der Waals surface area contributed by atoms with E-state index in [-0.39, 0.29) is 23.7 Å². The quantitative estimate of drug-likeness (QED) is 0.903. The molecule has 0 aliphatic carbocycles. The standard InChI is InChI=1S/C15H21F2NO/c1-11-5-6-14(19-2)13(8-11)15(16,17)9-12-4-3-7-18-10-12/h5-6,8,12,18H,3-4,7,9-10H2,1-2H3. The SMILES string of the molecule is COc1ccc(C)cc1C(F)(F)CC1CCCNC1. The molecular weight excluding hydrogens is 248 g/mol. The number of hydrogen-bond acceptors (Lipinski definition) is 2. The van der Waals surface area contributed by atoms with Crippen molar-refractivity contribution in [2.75, 3.05) is 20.2 Å². The molecule has 1 saturated heterocycles.